The van der Waals surface area contributed by atoms with Crippen molar-refractivity contribution >= 4 is 22.5 Å². The van der Waals surface area contributed by atoms with Crippen molar-refractivity contribution in [1.82, 2.24) is 14.8 Å². The van der Waals surface area contributed by atoms with Gasteiger partial charge in [0.1, 0.15) is 0 Å². The molecular formula is C24H26N4O. The summed E-state index contributed by atoms with van der Waals surface area (Å²) in [5.74, 6) is 0.513. The van der Waals surface area contributed by atoms with Gasteiger partial charge in [0.15, 0.2) is 0 Å². The fourth-order valence-corrected chi connectivity index (χ4v) is 3.87. The maximum Gasteiger partial charge on any atom is 0.258 e. The van der Waals surface area contributed by atoms with E-state index in [1.807, 2.05) is 65.8 Å². The molecule has 2 aromatic carbocycles. The van der Waals surface area contributed by atoms with Crippen molar-refractivity contribution in [2.75, 3.05) is 4.90 Å². The van der Waals surface area contributed by atoms with E-state index in [9.17, 15) is 4.79 Å². The Labute approximate surface area is 171 Å². The number of hydrogen-bond donors (Lipinski definition) is 1. The summed E-state index contributed by atoms with van der Waals surface area (Å²) < 4.78 is 1.78. The molecule has 0 aliphatic rings. The van der Waals surface area contributed by atoms with E-state index < -0.39 is 0 Å². The van der Waals surface area contributed by atoms with Crippen LogP contribution in [0.25, 0.3) is 16.6 Å². The first-order valence-corrected chi connectivity index (χ1v) is 10.0. The molecule has 1 amide bonds. The Bertz CT molecular complexity index is 1090. The third-order valence-corrected chi connectivity index (χ3v) is 5.17. The molecule has 0 aliphatic heterocycles. The van der Waals surface area contributed by atoms with Gasteiger partial charge in [-0.1, -0.05) is 13.8 Å². The molecule has 0 saturated carbocycles. The van der Waals surface area contributed by atoms with E-state index in [0.717, 1.165) is 28.7 Å². The molecule has 4 rings (SSSR count). The number of aromatic amines is 1. The summed E-state index contributed by atoms with van der Waals surface area (Å²) in [4.78, 5) is 18.7. The van der Waals surface area contributed by atoms with Gasteiger partial charge in [0.25, 0.3) is 5.91 Å². The van der Waals surface area contributed by atoms with Crippen molar-refractivity contribution in [2.45, 2.75) is 33.2 Å². The molecule has 148 valence electrons. The summed E-state index contributed by atoms with van der Waals surface area (Å²) in [6.45, 7) is 6.50. The highest BCUT2D eigenvalue weighted by Gasteiger charge is 2.24. The minimum absolute atomic E-state index is 0.0139. The summed E-state index contributed by atoms with van der Waals surface area (Å²) >= 11 is 0. The first kappa shape index (κ1) is 19.0. The Kier molecular flexibility index (Phi) is 5.21. The van der Waals surface area contributed by atoms with Crippen LogP contribution in [0.15, 0.2) is 73.2 Å². The molecule has 5 heteroatoms. The molecule has 29 heavy (non-hydrogen) atoms. The topological polar surface area (TPSA) is 53.9 Å². The molecule has 1 unspecified atom stereocenters. The van der Waals surface area contributed by atoms with Crippen LogP contribution in [-0.4, -0.2) is 26.7 Å². The summed E-state index contributed by atoms with van der Waals surface area (Å²) in [5, 5.41) is 5.35. The summed E-state index contributed by atoms with van der Waals surface area (Å²) in [5.41, 5.74) is 3.60. The summed E-state index contributed by atoms with van der Waals surface area (Å²) in [6.07, 6.45) is 6.49. The van der Waals surface area contributed by atoms with Crippen LogP contribution in [0, 0.1) is 5.92 Å². The van der Waals surface area contributed by atoms with Crippen LogP contribution in [-0.2, 0) is 0 Å². The van der Waals surface area contributed by atoms with E-state index in [1.54, 1.807) is 10.9 Å². The molecule has 0 fully saturated rings. The second-order valence-electron chi connectivity index (χ2n) is 7.90. The third-order valence-electron chi connectivity index (χ3n) is 5.17. The van der Waals surface area contributed by atoms with Gasteiger partial charge < -0.3 is 9.88 Å². The van der Waals surface area contributed by atoms with Crippen LogP contribution in [0.1, 0.15) is 37.6 Å². The summed E-state index contributed by atoms with van der Waals surface area (Å²) in [6, 6.07) is 17.8. The molecule has 0 radical (unpaired) electrons. The van der Waals surface area contributed by atoms with Crippen molar-refractivity contribution in [1.29, 1.82) is 0 Å². The van der Waals surface area contributed by atoms with E-state index in [0.29, 0.717) is 11.5 Å². The average molecular weight is 386 g/mol. The number of benzene rings is 2. The van der Waals surface area contributed by atoms with Crippen molar-refractivity contribution in [3.8, 4) is 5.69 Å². The Balaban J connectivity index is 1.68. The van der Waals surface area contributed by atoms with Crippen LogP contribution in [0.3, 0.4) is 0 Å². The number of aromatic nitrogens is 3. The zero-order valence-corrected chi connectivity index (χ0v) is 17.0. The number of nitrogens with zero attached hydrogens (tertiary/aromatic N) is 3. The molecule has 2 heterocycles. The Morgan fingerprint density at radius 3 is 2.59 bits per heavy atom. The highest BCUT2D eigenvalue weighted by atomic mass is 16.2. The molecular weight excluding hydrogens is 360 g/mol. The minimum Gasteiger partial charge on any atom is -0.361 e. The van der Waals surface area contributed by atoms with Gasteiger partial charge in [0.05, 0.1) is 5.69 Å². The smallest absolute Gasteiger partial charge is 0.258 e. The molecule has 0 bridgehead atoms. The molecule has 4 aromatic rings. The predicted molar refractivity (Wildman–Crippen MR) is 118 cm³/mol. The van der Waals surface area contributed by atoms with Crippen LogP contribution >= 0.6 is 0 Å². The standard InChI is InChI=1S/C24H26N4O/c1-17(2)15-18(3)28(22-9-10-23-20(16-22)11-13-25-23)24(29)19-5-7-21(8-6-19)27-14-4-12-26-27/h4-14,16-18,25H,15H2,1-3H3. The van der Waals surface area contributed by atoms with E-state index in [2.05, 4.69) is 36.9 Å². The van der Waals surface area contributed by atoms with Crippen LogP contribution in [0.5, 0.6) is 0 Å². The predicted octanol–water partition coefficient (Wildman–Crippen LogP) is 5.44. The van der Waals surface area contributed by atoms with Gasteiger partial charge in [-0.25, -0.2) is 4.68 Å². The maximum atomic E-state index is 13.5. The number of fused-ring (bicyclic) bond motifs is 1. The molecule has 0 spiro atoms. The number of rotatable bonds is 6. The Morgan fingerprint density at radius 1 is 1.10 bits per heavy atom. The van der Waals surface area contributed by atoms with Crippen molar-refractivity contribution in [2.24, 2.45) is 5.92 Å². The number of anilines is 1. The molecule has 1 atom stereocenters. The first-order valence-electron chi connectivity index (χ1n) is 10.0. The van der Waals surface area contributed by atoms with E-state index in [-0.39, 0.29) is 11.9 Å². The van der Waals surface area contributed by atoms with Gasteiger partial charge in [0, 0.05) is 46.8 Å². The van der Waals surface area contributed by atoms with Crippen molar-refractivity contribution in [3.05, 3.63) is 78.8 Å². The van der Waals surface area contributed by atoms with Gasteiger partial charge in [0.2, 0.25) is 0 Å². The van der Waals surface area contributed by atoms with Gasteiger partial charge >= 0.3 is 0 Å². The second kappa shape index (κ2) is 7.95. The third kappa shape index (κ3) is 3.94. The van der Waals surface area contributed by atoms with Crippen LogP contribution < -0.4 is 4.90 Å². The van der Waals surface area contributed by atoms with Gasteiger partial charge in [-0.2, -0.15) is 5.10 Å². The summed E-state index contributed by atoms with van der Waals surface area (Å²) in [7, 11) is 0. The van der Waals surface area contributed by atoms with Crippen LogP contribution in [0.4, 0.5) is 5.69 Å². The first-order chi connectivity index (χ1) is 14.0. The maximum absolute atomic E-state index is 13.5. The number of carbonyl (C=O) groups excluding carboxylic acids is 1. The molecule has 1 N–H and O–H groups in total. The lowest BCUT2D eigenvalue weighted by molar-refractivity contribution is 0.0976. The second-order valence-corrected chi connectivity index (χ2v) is 7.90. The lowest BCUT2D eigenvalue weighted by Crippen LogP contribution is -2.39. The van der Waals surface area contributed by atoms with Gasteiger partial charge in [-0.15, -0.1) is 0 Å². The minimum atomic E-state index is 0.0139. The zero-order chi connectivity index (χ0) is 20.4. The Hall–Kier alpha value is -3.34. The molecule has 5 nitrogen and oxygen atoms in total. The number of carbonyl (C=O) groups is 1. The van der Waals surface area contributed by atoms with Crippen molar-refractivity contribution in [3.63, 3.8) is 0 Å². The van der Waals surface area contributed by atoms with Gasteiger partial charge in [-0.3, -0.25) is 4.79 Å². The largest absolute Gasteiger partial charge is 0.361 e. The monoisotopic (exact) mass is 386 g/mol. The zero-order valence-electron chi connectivity index (χ0n) is 17.0. The quantitative estimate of drug-likeness (QED) is 0.480. The van der Waals surface area contributed by atoms with E-state index in [1.165, 1.54) is 0 Å². The SMILES string of the molecule is CC(C)CC(C)N(C(=O)c1ccc(-n2cccn2)cc1)c1ccc2[nH]ccc2c1. The highest BCUT2D eigenvalue weighted by molar-refractivity contribution is 6.07. The Morgan fingerprint density at radius 2 is 1.90 bits per heavy atom. The number of hydrogen-bond acceptors (Lipinski definition) is 2. The van der Waals surface area contributed by atoms with E-state index >= 15 is 0 Å². The number of amides is 1. The fourth-order valence-electron chi connectivity index (χ4n) is 3.87. The van der Waals surface area contributed by atoms with Gasteiger partial charge in [-0.05, 0) is 73.9 Å². The lowest BCUT2D eigenvalue weighted by Gasteiger charge is -2.31. The number of nitrogens with one attached hydrogen (secondary N) is 1. The van der Waals surface area contributed by atoms with E-state index in [4.69, 9.17) is 0 Å². The highest BCUT2D eigenvalue weighted by Crippen LogP contribution is 2.27. The molecule has 2 aromatic heterocycles. The molecule has 0 aliphatic carbocycles. The normalized spacial score (nSPS) is 12.4. The lowest BCUT2D eigenvalue weighted by atomic mass is 10.0. The van der Waals surface area contributed by atoms with Crippen molar-refractivity contribution < 1.29 is 4.79 Å². The average Bonchev–Trinajstić information content (AvgIpc) is 3.39. The van der Waals surface area contributed by atoms with Crippen LogP contribution in [0.2, 0.25) is 0 Å². The molecule has 0 saturated heterocycles. The fraction of sp³-hybridized carbons (Fsp3) is 0.250. The number of H-pyrrole nitrogens is 1.